The third-order valence-electron chi connectivity index (χ3n) is 5.26. The zero-order valence-electron chi connectivity index (χ0n) is 12.3. The average molecular weight is 299 g/mol. The Hall–Kier alpha value is -2.17. The van der Waals surface area contributed by atoms with Gasteiger partial charge in [0.15, 0.2) is 0 Å². The molecular weight excluding hydrogens is 282 g/mol. The van der Waals surface area contributed by atoms with E-state index in [9.17, 15) is 14.4 Å². The lowest BCUT2D eigenvalue weighted by Gasteiger charge is -2.19. The predicted molar refractivity (Wildman–Crippen MR) is 78.1 cm³/mol. The summed E-state index contributed by atoms with van der Waals surface area (Å²) in [5.74, 6) is 0.231. The average Bonchev–Trinajstić information content (AvgIpc) is 3.12. The molecule has 0 radical (unpaired) electrons. The fourth-order valence-electron chi connectivity index (χ4n) is 4.52. The SMILES string of the molecule is CC(=O)Oc1cccc(N2C(=O)[C@H]3[C@@H]4CC[C@@H](C4)[C@@H]3C2=O)c1. The van der Waals surface area contributed by atoms with Gasteiger partial charge in [-0.3, -0.25) is 14.4 Å². The highest BCUT2D eigenvalue weighted by Gasteiger charge is 2.61. The fraction of sp³-hybridized carbons (Fsp3) is 0.471. The van der Waals surface area contributed by atoms with Gasteiger partial charge in [-0.1, -0.05) is 6.07 Å². The van der Waals surface area contributed by atoms with E-state index in [0.29, 0.717) is 23.3 Å². The molecular formula is C17H17NO4. The van der Waals surface area contributed by atoms with Crippen molar-refractivity contribution in [2.75, 3.05) is 4.90 Å². The van der Waals surface area contributed by atoms with Crippen molar-refractivity contribution in [2.24, 2.45) is 23.7 Å². The molecule has 2 bridgehead atoms. The molecule has 5 heteroatoms. The Balaban J connectivity index is 1.67. The van der Waals surface area contributed by atoms with Gasteiger partial charge in [-0.05, 0) is 43.2 Å². The number of fused-ring (bicyclic) bond motifs is 5. The van der Waals surface area contributed by atoms with E-state index in [1.54, 1.807) is 24.3 Å². The van der Waals surface area contributed by atoms with Gasteiger partial charge in [-0.25, -0.2) is 4.90 Å². The van der Waals surface area contributed by atoms with Crippen LogP contribution in [0.1, 0.15) is 26.2 Å². The van der Waals surface area contributed by atoms with Gasteiger partial charge in [0.2, 0.25) is 11.8 Å². The van der Waals surface area contributed by atoms with Crippen LogP contribution >= 0.6 is 0 Å². The number of carbonyl (C=O) groups is 3. The maximum atomic E-state index is 12.7. The molecule has 0 unspecified atom stereocenters. The molecule has 2 aliphatic carbocycles. The monoisotopic (exact) mass is 299 g/mol. The molecule has 1 aromatic carbocycles. The van der Waals surface area contributed by atoms with Crippen molar-refractivity contribution in [1.29, 1.82) is 0 Å². The van der Waals surface area contributed by atoms with Crippen molar-refractivity contribution in [3.63, 3.8) is 0 Å². The minimum absolute atomic E-state index is 0.0813. The molecule has 5 nitrogen and oxygen atoms in total. The maximum Gasteiger partial charge on any atom is 0.308 e. The number of imide groups is 1. The maximum absolute atomic E-state index is 12.7. The third kappa shape index (κ3) is 1.81. The molecule has 4 rings (SSSR count). The van der Waals surface area contributed by atoms with Gasteiger partial charge in [-0.2, -0.15) is 0 Å². The number of hydrogen-bond donors (Lipinski definition) is 0. The predicted octanol–water partition coefficient (Wildman–Crippen LogP) is 2.15. The van der Waals surface area contributed by atoms with Crippen LogP contribution in [-0.4, -0.2) is 17.8 Å². The van der Waals surface area contributed by atoms with Crippen molar-refractivity contribution in [2.45, 2.75) is 26.2 Å². The summed E-state index contributed by atoms with van der Waals surface area (Å²) in [7, 11) is 0. The number of ether oxygens (including phenoxy) is 1. The van der Waals surface area contributed by atoms with Crippen molar-refractivity contribution in [1.82, 2.24) is 0 Å². The highest BCUT2D eigenvalue weighted by molar-refractivity contribution is 6.22. The number of esters is 1. The summed E-state index contributed by atoms with van der Waals surface area (Å²) in [4.78, 5) is 37.8. The Morgan fingerprint density at radius 2 is 1.77 bits per heavy atom. The Kier molecular flexibility index (Phi) is 2.86. The van der Waals surface area contributed by atoms with E-state index in [-0.39, 0.29) is 23.7 Å². The first-order valence-corrected chi connectivity index (χ1v) is 7.72. The molecule has 1 aliphatic heterocycles. The van der Waals surface area contributed by atoms with Gasteiger partial charge in [0, 0.05) is 13.0 Å². The third-order valence-corrected chi connectivity index (χ3v) is 5.26. The van der Waals surface area contributed by atoms with Crippen molar-refractivity contribution >= 4 is 23.5 Å². The van der Waals surface area contributed by atoms with E-state index in [1.165, 1.54) is 11.8 Å². The number of amides is 2. The molecule has 2 saturated carbocycles. The van der Waals surface area contributed by atoms with E-state index in [2.05, 4.69) is 0 Å². The molecule has 1 aromatic rings. The van der Waals surface area contributed by atoms with E-state index < -0.39 is 5.97 Å². The quantitative estimate of drug-likeness (QED) is 0.477. The number of anilines is 1. The highest BCUT2D eigenvalue weighted by Crippen LogP contribution is 2.56. The molecule has 0 aromatic heterocycles. The van der Waals surface area contributed by atoms with Crippen molar-refractivity contribution < 1.29 is 19.1 Å². The number of carbonyl (C=O) groups excluding carboxylic acids is 3. The van der Waals surface area contributed by atoms with Crippen molar-refractivity contribution in [3.8, 4) is 5.75 Å². The summed E-state index contributed by atoms with van der Waals surface area (Å²) in [6, 6.07) is 6.63. The topological polar surface area (TPSA) is 63.7 Å². The Morgan fingerprint density at radius 3 is 2.36 bits per heavy atom. The highest BCUT2D eigenvalue weighted by atomic mass is 16.5. The number of benzene rings is 1. The van der Waals surface area contributed by atoms with Gasteiger partial charge < -0.3 is 4.74 Å². The molecule has 2 amide bonds. The van der Waals surface area contributed by atoms with Gasteiger partial charge >= 0.3 is 5.97 Å². The fourth-order valence-corrected chi connectivity index (χ4v) is 4.52. The molecule has 4 atom stereocenters. The molecule has 22 heavy (non-hydrogen) atoms. The Morgan fingerprint density at radius 1 is 1.14 bits per heavy atom. The van der Waals surface area contributed by atoms with Gasteiger partial charge in [0.25, 0.3) is 0 Å². The van der Waals surface area contributed by atoms with E-state index in [0.717, 1.165) is 19.3 Å². The number of hydrogen-bond acceptors (Lipinski definition) is 4. The molecule has 0 spiro atoms. The molecule has 1 saturated heterocycles. The molecule has 114 valence electrons. The van der Waals surface area contributed by atoms with E-state index in [1.807, 2.05) is 0 Å². The number of nitrogens with zero attached hydrogens (tertiary/aromatic N) is 1. The molecule has 1 heterocycles. The van der Waals surface area contributed by atoms with E-state index >= 15 is 0 Å². The van der Waals surface area contributed by atoms with Gasteiger partial charge in [0.05, 0.1) is 17.5 Å². The first kappa shape index (κ1) is 13.5. The first-order chi connectivity index (χ1) is 10.6. The van der Waals surface area contributed by atoms with Crippen LogP contribution in [0.25, 0.3) is 0 Å². The van der Waals surface area contributed by atoms with Crippen LogP contribution in [0.3, 0.4) is 0 Å². The Labute approximate surface area is 128 Å². The smallest absolute Gasteiger partial charge is 0.308 e. The summed E-state index contributed by atoms with van der Waals surface area (Å²) in [6.07, 6.45) is 3.15. The normalized spacial score (nSPS) is 32.5. The van der Waals surface area contributed by atoms with Crippen LogP contribution in [0.5, 0.6) is 5.75 Å². The van der Waals surface area contributed by atoms with Gasteiger partial charge in [-0.15, -0.1) is 0 Å². The lowest BCUT2D eigenvalue weighted by Crippen LogP contribution is -2.32. The summed E-state index contributed by atoms with van der Waals surface area (Å²) in [6.45, 7) is 1.32. The largest absolute Gasteiger partial charge is 0.427 e. The molecule has 0 N–H and O–H groups in total. The van der Waals surface area contributed by atoms with Crippen LogP contribution < -0.4 is 9.64 Å². The second-order valence-electron chi connectivity index (χ2n) is 6.49. The van der Waals surface area contributed by atoms with Crippen LogP contribution in [0.4, 0.5) is 5.69 Å². The lowest BCUT2D eigenvalue weighted by atomic mass is 9.81. The summed E-state index contributed by atoms with van der Waals surface area (Å²) in [5, 5.41) is 0. The van der Waals surface area contributed by atoms with Crippen LogP contribution in [0.15, 0.2) is 24.3 Å². The molecule has 3 aliphatic rings. The zero-order chi connectivity index (χ0) is 15.4. The van der Waals surface area contributed by atoms with Crippen molar-refractivity contribution in [3.05, 3.63) is 24.3 Å². The second kappa shape index (κ2) is 4.66. The summed E-state index contributed by atoms with van der Waals surface area (Å²) >= 11 is 0. The minimum atomic E-state index is -0.425. The van der Waals surface area contributed by atoms with Crippen LogP contribution in [0, 0.1) is 23.7 Å². The Bertz CT molecular complexity index is 655. The van der Waals surface area contributed by atoms with Crippen LogP contribution in [0.2, 0.25) is 0 Å². The zero-order valence-corrected chi connectivity index (χ0v) is 12.3. The summed E-state index contributed by atoms with van der Waals surface area (Å²) < 4.78 is 5.05. The second-order valence-corrected chi connectivity index (χ2v) is 6.49. The van der Waals surface area contributed by atoms with Gasteiger partial charge in [0.1, 0.15) is 5.75 Å². The van der Waals surface area contributed by atoms with Crippen LogP contribution in [-0.2, 0) is 14.4 Å². The lowest BCUT2D eigenvalue weighted by molar-refractivity contribution is -0.132. The minimum Gasteiger partial charge on any atom is -0.427 e. The van der Waals surface area contributed by atoms with E-state index in [4.69, 9.17) is 4.74 Å². The standard InChI is InChI=1S/C17H17NO4/c1-9(19)22-13-4-2-3-12(8-13)18-16(20)14-10-5-6-11(7-10)15(14)17(18)21/h2-4,8,10-11,14-15H,5-7H2,1H3/t10-,11+,14-,15-/m0/s1. The first-order valence-electron chi connectivity index (χ1n) is 7.72. The number of rotatable bonds is 2. The molecule has 3 fully saturated rings. The summed E-state index contributed by atoms with van der Waals surface area (Å²) in [5.41, 5.74) is 0.502.